The van der Waals surface area contributed by atoms with Crippen molar-refractivity contribution in [2.75, 3.05) is 6.61 Å². The van der Waals surface area contributed by atoms with Crippen LogP contribution >= 0.6 is 0 Å². The van der Waals surface area contributed by atoms with E-state index >= 15 is 0 Å². The first kappa shape index (κ1) is 10.1. The average Bonchev–Trinajstić information content (AvgIpc) is 2.74. The lowest BCUT2D eigenvalue weighted by molar-refractivity contribution is -0.0838. The second-order valence-electron chi connectivity index (χ2n) is 5.91. The van der Waals surface area contributed by atoms with Crippen LogP contribution in [-0.2, 0) is 4.74 Å². The Bertz CT molecular complexity index is 235. The van der Waals surface area contributed by atoms with Crippen molar-refractivity contribution in [1.82, 2.24) is 5.32 Å². The zero-order valence-corrected chi connectivity index (χ0v) is 9.80. The number of ether oxygens (including phenoxy) is 1. The lowest BCUT2D eigenvalue weighted by atomic mass is 9.89. The van der Waals surface area contributed by atoms with E-state index in [9.17, 15) is 0 Å². The van der Waals surface area contributed by atoms with Crippen LogP contribution < -0.4 is 5.32 Å². The van der Waals surface area contributed by atoms with Crippen LogP contribution in [0.3, 0.4) is 0 Å². The molecule has 0 aromatic rings. The van der Waals surface area contributed by atoms with Crippen molar-refractivity contribution in [1.29, 1.82) is 0 Å². The molecule has 0 bridgehead atoms. The zero-order chi connectivity index (χ0) is 10.3. The van der Waals surface area contributed by atoms with Gasteiger partial charge in [-0.05, 0) is 38.0 Å². The Balaban J connectivity index is 1.56. The fraction of sp³-hybridized carbons (Fsp3) is 1.00. The van der Waals surface area contributed by atoms with Gasteiger partial charge >= 0.3 is 0 Å². The molecule has 1 heterocycles. The van der Waals surface area contributed by atoms with E-state index in [1.807, 2.05) is 0 Å². The summed E-state index contributed by atoms with van der Waals surface area (Å²) in [7, 11) is 0. The Morgan fingerprint density at radius 1 is 1.27 bits per heavy atom. The maximum atomic E-state index is 6.05. The Morgan fingerprint density at radius 3 is 2.67 bits per heavy atom. The summed E-state index contributed by atoms with van der Waals surface area (Å²) in [6.45, 7) is 3.33. The van der Waals surface area contributed by atoms with E-state index in [-0.39, 0.29) is 5.60 Å². The maximum Gasteiger partial charge on any atom is 0.0697 e. The topological polar surface area (TPSA) is 21.3 Å². The third-order valence-electron chi connectivity index (χ3n) is 4.57. The highest BCUT2D eigenvalue weighted by Crippen LogP contribution is 2.41. The molecule has 0 radical (unpaired) electrons. The summed E-state index contributed by atoms with van der Waals surface area (Å²) < 4.78 is 6.05. The molecular weight excluding hydrogens is 186 g/mol. The van der Waals surface area contributed by atoms with Gasteiger partial charge in [0.2, 0.25) is 0 Å². The van der Waals surface area contributed by atoms with Gasteiger partial charge < -0.3 is 10.1 Å². The lowest BCUT2D eigenvalue weighted by Gasteiger charge is -2.38. The molecule has 1 aliphatic heterocycles. The molecule has 15 heavy (non-hydrogen) atoms. The van der Waals surface area contributed by atoms with Gasteiger partial charge in [-0.25, -0.2) is 0 Å². The molecule has 3 rings (SSSR count). The first-order valence-corrected chi connectivity index (χ1v) is 6.67. The van der Waals surface area contributed by atoms with Crippen molar-refractivity contribution in [3.8, 4) is 0 Å². The monoisotopic (exact) mass is 209 g/mol. The second kappa shape index (κ2) is 3.74. The third kappa shape index (κ3) is 2.07. The van der Waals surface area contributed by atoms with Crippen molar-refractivity contribution in [2.45, 2.75) is 69.6 Å². The largest absolute Gasteiger partial charge is 0.375 e. The minimum atomic E-state index is 0.286. The first-order valence-electron chi connectivity index (χ1n) is 6.67. The van der Waals surface area contributed by atoms with Gasteiger partial charge in [0.25, 0.3) is 0 Å². The molecular formula is C13H23NO. The molecule has 2 aliphatic carbocycles. The molecule has 0 amide bonds. The normalized spacial score (nSPS) is 43.4. The minimum absolute atomic E-state index is 0.286. The van der Waals surface area contributed by atoms with Crippen LogP contribution in [0.25, 0.3) is 0 Å². The molecule has 3 atom stereocenters. The molecule has 3 fully saturated rings. The third-order valence-corrected chi connectivity index (χ3v) is 4.57. The number of hydrogen-bond donors (Lipinski definition) is 1. The van der Waals surface area contributed by atoms with Crippen LogP contribution in [-0.4, -0.2) is 24.3 Å². The molecule has 3 unspecified atom stereocenters. The highest BCUT2D eigenvalue weighted by Gasteiger charge is 2.42. The molecule has 0 aromatic carbocycles. The lowest BCUT2D eigenvalue weighted by Crippen LogP contribution is -2.46. The molecule has 3 aliphatic rings. The first-order chi connectivity index (χ1) is 7.27. The Hall–Kier alpha value is -0.0800. The van der Waals surface area contributed by atoms with E-state index in [0.29, 0.717) is 0 Å². The summed E-state index contributed by atoms with van der Waals surface area (Å²) in [6.07, 6.45) is 9.28. The summed E-state index contributed by atoms with van der Waals surface area (Å²) >= 11 is 0. The summed E-state index contributed by atoms with van der Waals surface area (Å²) in [5, 5.41) is 3.81. The van der Waals surface area contributed by atoms with Crippen LogP contribution in [0.15, 0.2) is 0 Å². The molecule has 86 valence electrons. The van der Waals surface area contributed by atoms with Crippen molar-refractivity contribution in [3.05, 3.63) is 0 Å². The second-order valence-corrected chi connectivity index (χ2v) is 5.91. The van der Waals surface area contributed by atoms with Gasteiger partial charge in [0, 0.05) is 18.7 Å². The van der Waals surface area contributed by atoms with Gasteiger partial charge in [-0.1, -0.05) is 19.8 Å². The molecule has 0 aromatic heterocycles. The summed E-state index contributed by atoms with van der Waals surface area (Å²) in [5.74, 6) is 0.923. The Labute approximate surface area is 92.8 Å². The van der Waals surface area contributed by atoms with E-state index in [1.165, 1.54) is 44.9 Å². The quantitative estimate of drug-likeness (QED) is 0.754. The van der Waals surface area contributed by atoms with Crippen LogP contribution in [0.5, 0.6) is 0 Å². The van der Waals surface area contributed by atoms with Crippen molar-refractivity contribution >= 4 is 0 Å². The predicted octanol–water partition coefficient (Wildman–Crippen LogP) is 2.48. The molecule has 2 saturated carbocycles. The van der Waals surface area contributed by atoms with Crippen LogP contribution in [0.2, 0.25) is 0 Å². The molecule has 1 spiro atoms. The molecule has 2 heteroatoms. The van der Waals surface area contributed by atoms with Gasteiger partial charge in [-0.3, -0.25) is 0 Å². The number of nitrogens with one attached hydrogen (secondary N) is 1. The Kier molecular flexibility index (Phi) is 2.52. The summed E-state index contributed by atoms with van der Waals surface area (Å²) in [6, 6.07) is 1.57. The SMILES string of the molecule is CC1CC1NC1CCOC2(CCCC2)C1. The Morgan fingerprint density at radius 2 is 2.00 bits per heavy atom. The average molecular weight is 209 g/mol. The summed E-state index contributed by atoms with van der Waals surface area (Å²) in [4.78, 5) is 0. The van der Waals surface area contributed by atoms with E-state index in [4.69, 9.17) is 4.74 Å². The van der Waals surface area contributed by atoms with Crippen LogP contribution in [0.4, 0.5) is 0 Å². The van der Waals surface area contributed by atoms with Gasteiger partial charge in [-0.15, -0.1) is 0 Å². The number of rotatable bonds is 2. The van der Waals surface area contributed by atoms with Crippen LogP contribution in [0, 0.1) is 5.92 Å². The fourth-order valence-electron chi connectivity index (χ4n) is 3.39. The number of hydrogen-bond acceptors (Lipinski definition) is 2. The fourth-order valence-corrected chi connectivity index (χ4v) is 3.39. The predicted molar refractivity (Wildman–Crippen MR) is 60.9 cm³/mol. The minimum Gasteiger partial charge on any atom is -0.375 e. The van der Waals surface area contributed by atoms with E-state index in [0.717, 1.165) is 24.6 Å². The van der Waals surface area contributed by atoms with Crippen LogP contribution in [0.1, 0.15) is 51.9 Å². The van der Waals surface area contributed by atoms with Crippen molar-refractivity contribution in [2.24, 2.45) is 5.92 Å². The van der Waals surface area contributed by atoms with Gasteiger partial charge in [-0.2, -0.15) is 0 Å². The van der Waals surface area contributed by atoms with Crippen molar-refractivity contribution in [3.63, 3.8) is 0 Å². The summed E-state index contributed by atoms with van der Waals surface area (Å²) in [5.41, 5.74) is 0.286. The van der Waals surface area contributed by atoms with E-state index < -0.39 is 0 Å². The molecule has 1 saturated heterocycles. The molecule has 2 nitrogen and oxygen atoms in total. The van der Waals surface area contributed by atoms with Gasteiger partial charge in [0.1, 0.15) is 0 Å². The van der Waals surface area contributed by atoms with Gasteiger partial charge in [0.05, 0.1) is 5.60 Å². The molecule has 1 N–H and O–H groups in total. The van der Waals surface area contributed by atoms with Crippen molar-refractivity contribution < 1.29 is 4.74 Å². The highest BCUT2D eigenvalue weighted by atomic mass is 16.5. The standard InChI is InChI=1S/C13H23NO/c1-10-8-12(10)14-11-4-7-15-13(9-11)5-2-3-6-13/h10-12,14H,2-9H2,1H3. The maximum absolute atomic E-state index is 6.05. The van der Waals surface area contributed by atoms with E-state index in [2.05, 4.69) is 12.2 Å². The smallest absolute Gasteiger partial charge is 0.0697 e. The van der Waals surface area contributed by atoms with E-state index in [1.54, 1.807) is 0 Å². The van der Waals surface area contributed by atoms with Gasteiger partial charge in [0.15, 0.2) is 0 Å². The zero-order valence-electron chi connectivity index (χ0n) is 9.80. The highest BCUT2D eigenvalue weighted by molar-refractivity contribution is 4.98.